The fourth-order valence-corrected chi connectivity index (χ4v) is 0.202. The summed E-state index contributed by atoms with van der Waals surface area (Å²) >= 11 is 0. The number of aromatic nitrogens is 2. The molecule has 0 aliphatic heterocycles. The summed E-state index contributed by atoms with van der Waals surface area (Å²) in [6, 6.07) is 0. The average Bonchev–Trinajstić information content (AvgIpc) is 1.91. The van der Waals surface area contributed by atoms with Gasteiger partial charge in [-0.2, -0.15) is 0 Å². The van der Waals surface area contributed by atoms with Gasteiger partial charge in [0, 0.05) is 0 Å². The summed E-state index contributed by atoms with van der Waals surface area (Å²) in [5.41, 5.74) is 10.1. The van der Waals surface area contributed by atoms with Crippen molar-refractivity contribution in [1.29, 1.82) is 0 Å². The highest BCUT2D eigenvalue weighted by Crippen LogP contribution is 2.02. The Morgan fingerprint density at radius 2 is 1.57 bits per heavy atom. The largest absolute Gasteiger partial charge is 0.378 e. The monoisotopic (exact) mass is 100 g/mol. The fraction of sp³-hybridized carbons (Fsp3) is 0. The molecule has 0 atom stereocenters. The normalized spacial score (nSPS) is 9.14. The van der Waals surface area contributed by atoms with E-state index in [0.29, 0.717) is 0 Å². The summed E-state index contributed by atoms with van der Waals surface area (Å²) in [7, 11) is 0. The van der Waals surface area contributed by atoms with Gasteiger partial charge in [-0.15, -0.1) is 0 Å². The first-order valence-electron chi connectivity index (χ1n) is 1.64. The number of anilines is 2. The van der Waals surface area contributed by atoms with Crippen LogP contribution in [0.1, 0.15) is 0 Å². The minimum absolute atomic E-state index is 0.139. The van der Waals surface area contributed by atoms with Crippen LogP contribution in [0.15, 0.2) is 4.63 Å². The lowest BCUT2D eigenvalue weighted by Gasteiger charge is -1.73. The summed E-state index contributed by atoms with van der Waals surface area (Å²) < 4.78 is 4.09. The van der Waals surface area contributed by atoms with Crippen LogP contribution in [-0.4, -0.2) is 10.3 Å². The van der Waals surface area contributed by atoms with Gasteiger partial charge in [-0.25, -0.2) is 4.63 Å². The number of nitrogen functional groups attached to an aromatic ring is 2. The zero-order valence-electron chi connectivity index (χ0n) is 3.46. The van der Waals surface area contributed by atoms with Crippen molar-refractivity contribution in [2.45, 2.75) is 0 Å². The molecule has 0 amide bonds. The zero-order valence-corrected chi connectivity index (χ0v) is 3.46. The van der Waals surface area contributed by atoms with Crippen LogP contribution < -0.4 is 11.5 Å². The van der Waals surface area contributed by atoms with E-state index in [1.807, 2.05) is 0 Å². The number of rotatable bonds is 0. The number of nitrogens with two attached hydrogens (primary N) is 2. The van der Waals surface area contributed by atoms with Crippen LogP contribution in [0, 0.1) is 0 Å². The van der Waals surface area contributed by atoms with Gasteiger partial charge in [0.2, 0.25) is 11.6 Å². The Labute approximate surface area is 39.2 Å². The number of nitrogens with zero attached hydrogens (tertiary/aromatic N) is 2. The molecule has 0 spiro atoms. The van der Waals surface area contributed by atoms with E-state index >= 15 is 0 Å². The highest BCUT2D eigenvalue weighted by atomic mass is 16.6. The third-order valence-electron chi connectivity index (χ3n) is 0.541. The number of hydrogen-bond acceptors (Lipinski definition) is 5. The lowest BCUT2D eigenvalue weighted by molar-refractivity contribution is 0.311. The molecule has 4 N–H and O–H groups in total. The van der Waals surface area contributed by atoms with Crippen LogP contribution in [0.25, 0.3) is 0 Å². The standard InChI is InChI=1S/C2H4N4O/c3-1-2(4)6-7-5-1/h(H2,3,5)(H2,4,6). The van der Waals surface area contributed by atoms with Gasteiger partial charge in [0.1, 0.15) is 0 Å². The molecular formula is C2H4N4O. The average molecular weight is 100 g/mol. The Morgan fingerprint density at radius 1 is 1.14 bits per heavy atom. The summed E-state index contributed by atoms with van der Waals surface area (Å²) in [6.45, 7) is 0. The summed E-state index contributed by atoms with van der Waals surface area (Å²) in [5.74, 6) is 0.278. The van der Waals surface area contributed by atoms with E-state index in [1.54, 1.807) is 0 Å². The van der Waals surface area contributed by atoms with Crippen molar-refractivity contribution < 1.29 is 4.63 Å². The molecule has 38 valence electrons. The first-order valence-corrected chi connectivity index (χ1v) is 1.64. The van der Waals surface area contributed by atoms with Gasteiger partial charge in [0.05, 0.1) is 0 Å². The summed E-state index contributed by atoms with van der Waals surface area (Å²) in [4.78, 5) is 0. The molecule has 5 heteroatoms. The highest BCUT2D eigenvalue weighted by Gasteiger charge is 1.95. The number of hydrogen-bond donors (Lipinski definition) is 2. The van der Waals surface area contributed by atoms with E-state index in [1.165, 1.54) is 0 Å². The predicted octanol–water partition coefficient (Wildman–Crippen LogP) is -0.766. The molecule has 0 saturated heterocycles. The van der Waals surface area contributed by atoms with E-state index in [0.717, 1.165) is 0 Å². The van der Waals surface area contributed by atoms with Crippen LogP contribution in [0.5, 0.6) is 0 Å². The first kappa shape index (κ1) is 3.91. The minimum Gasteiger partial charge on any atom is -0.378 e. The molecule has 0 aliphatic rings. The Kier molecular flexibility index (Phi) is 0.619. The van der Waals surface area contributed by atoms with Crippen molar-refractivity contribution in [2.75, 3.05) is 11.5 Å². The van der Waals surface area contributed by atoms with Crippen molar-refractivity contribution >= 4 is 11.6 Å². The first-order chi connectivity index (χ1) is 3.30. The van der Waals surface area contributed by atoms with E-state index in [2.05, 4.69) is 14.9 Å². The van der Waals surface area contributed by atoms with Gasteiger partial charge in [0.25, 0.3) is 0 Å². The molecule has 1 heterocycles. The summed E-state index contributed by atoms with van der Waals surface area (Å²) in [6.07, 6.45) is 0. The van der Waals surface area contributed by atoms with Crippen LogP contribution in [0.4, 0.5) is 11.6 Å². The molecule has 0 bridgehead atoms. The Hall–Kier alpha value is -1.26. The molecule has 7 heavy (non-hydrogen) atoms. The van der Waals surface area contributed by atoms with Crippen molar-refractivity contribution in [3.8, 4) is 0 Å². The quantitative estimate of drug-likeness (QED) is 0.447. The van der Waals surface area contributed by atoms with Crippen LogP contribution in [0.3, 0.4) is 0 Å². The molecule has 1 rings (SSSR count). The molecule has 0 fully saturated rings. The lowest BCUT2D eigenvalue weighted by Crippen LogP contribution is -1.91. The highest BCUT2D eigenvalue weighted by molar-refractivity contribution is 5.49. The maximum atomic E-state index is 5.05. The van der Waals surface area contributed by atoms with E-state index in [9.17, 15) is 0 Å². The third-order valence-corrected chi connectivity index (χ3v) is 0.541. The summed E-state index contributed by atoms with van der Waals surface area (Å²) in [5, 5.41) is 6.37. The molecule has 0 saturated carbocycles. The predicted molar refractivity (Wildman–Crippen MR) is 23.1 cm³/mol. The molecule has 0 aliphatic carbocycles. The fourth-order valence-electron chi connectivity index (χ4n) is 0.202. The SMILES string of the molecule is Nc1nonc1N. The molecule has 0 unspecified atom stereocenters. The van der Waals surface area contributed by atoms with Crippen molar-refractivity contribution in [3.63, 3.8) is 0 Å². The van der Waals surface area contributed by atoms with E-state index < -0.39 is 0 Å². The second-order valence-corrected chi connectivity index (χ2v) is 1.03. The maximum absolute atomic E-state index is 5.05. The molecule has 1 aromatic heterocycles. The zero-order chi connectivity index (χ0) is 5.28. The van der Waals surface area contributed by atoms with Crippen molar-refractivity contribution in [1.82, 2.24) is 10.3 Å². The smallest absolute Gasteiger partial charge is 0.212 e. The van der Waals surface area contributed by atoms with Crippen LogP contribution in [0.2, 0.25) is 0 Å². The van der Waals surface area contributed by atoms with Crippen molar-refractivity contribution in [3.05, 3.63) is 0 Å². The topological polar surface area (TPSA) is 91.0 Å². The Morgan fingerprint density at radius 3 is 1.71 bits per heavy atom. The minimum atomic E-state index is 0.139. The van der Waals surface area contributed by atoms with Gasteiger partial charge < -0.3 is 11.5 Å². The van der Waals surface area contributed by atoms with Gasteiger partial charge in [-0.1, -0.05) is 0 Å². The van der Waals surface area contributed by atoms with Gasteiger partial charge in [-0.05, 0) is 10.3 Å². The van der Waals surface area contributed by atoms with Gasteiger partial charge >= 0.3 is 0 Å². The van der Waals surface area contributed by atoms with Gasteiger partial charge in [-0.3, -0.25) is 0 Å². The van der Waals surface area contributed by atoms with Crippen molar-refractivity contribution in [2.24, 2.45) is 0 Å². The second-order valence-electron chi connectivity index (χ2n) is 1.03. The lowest BCUT2D eigenvalue weighted by atomic mass is 10.7. The van der Waals surface area contributed by atoms with Gasteiger partial charge in [0.15, 0.2) is 0 Å². The molecule has 0 aromatic carbocycles. The van der Waals surface area contributed by atoms with E-state index in [-0.39, 0.29) is 11.6 Å². The molecular weight excluding hydrogens is 96.0 g/mol. The molecule has 5 nitrogen and oxygen atoms in total. The van der Waals surface area contributed by atoms with Crippen LogP contribution in [-0.2, 0) is 0 Å². The third kappa shape index (κ3) is 0.466. The molecule has 0 radical (unpaired) electrons. The second kappa shape index (κ2) is 1.11. The van der Waals surface area contributed by atoms with Crippen LogP contribution >= 0.6 is 0 Å². The molecule has 1 aromatic rings. The Bertz CT molecular complexity index is 142. The van der Waals surface area contributed by atoms with E-state index in [4.69, 9.17) is 11.5 Å². The maximum Gasteiger partial charge on any atom is 0.212 e. The Balaban J connectivity index is 3.12.